The van der Waals surface area contributed by atoms with E-state index in [0.717, 1.165) is 24.4 Å². The van der Waals surface area contributed by atoms with Gasteiger partial charge >= 0.3 is 0 Å². The van der Waals surface area contributed by atoms with Crippen molar-refractivity contribution in [3.8, 4) is 0 Å². The maximum atomic E-state index is 12.0. The molecule has 1 heterocycles. The van der Waals surface area contributed by atoms with Gasteiger partial charge in [-0.2, -0.15) is 0 Å². The number of benzene rings is 1. The van der Waals surface area contributed by atoms with Gasteiger partial charge in [0, 0.05) is 18.7 Å². The van der Waals surface area contributed by atoms with E-state index >= 15 is 0 Å². The molecule has 2 aliphatic rings. The fourth-order valence-corrected chi connectivity index (χ4v) is 2.86. The number of rotatable bonds is 6. The van der Waals surface area contributed by atoms with Crippen molar-refractivity contribution in [2.24, 2.45) is 5.92 Å². The average molecular weight is 289 g/mol. The normalized spacial score (nSPS) is 21.8. The first-order valence-electron chi connectivity index (χ1n) is 7.42. The lowest BCUT2D eigenvalue weighted by Crippen LogP contribution is -2.31. The van der Waals surface area contributed by atoms with Crippen LogP contribution in [0.5, 0.6) is 0 Å². The van der Waals surface area contributed by atoms with Crippen LogP contribution in [-0.2, 0) is 4.79 Å². The molecule has 1 aliphatic carbocycles. The first-order valence-corrected chi connectivity index (χ1v) is 7.42. The molecule has 1 saturated heterocycles. The fraction of sp³-hybridized carbons (Fsp3) is 0.533. The molecule has 1 aliphatic heterocycles. The van der Waals surface area contributed by atoms with Gasteiger partial charge in [0.05, 0.1) is 11.5 Å². The predicted molar refractivity (Wildman–Crippen MR) is 77.5 cm³/mol. The van der Waals surface area contributed by atoms with E-state index in [2.05, 4.69) is 5.32 Å². The third kappa shape index (κ3) is 3.21. The molecule has 0 radical (unpaired) electrons. The molecule has 6 nitrogen and oxygen atoms in total. The zero-order chi connectivity index (χ0) is 14.8. The van der Waals surface area contributed by atoms with Crippen LogP contribution in [0.15, 0.2) is 24.3 Å². The summed E-state index contributed by atoms with van der Waals surface area (Å²) in [6.45, 7) is 1.02. The van der Waals surface area contributed by atoms with E-state index < -0.39 is 4.92 Å². The minimum absolute atomic E-state index is 0.0616. The Morgan fingerprint density at radius 1 is 1.38 bits per heavy atom. The smallest absolute Gasteiger partial charge is 0.269 e. The summed E-state index contributed by atoms with van der Waals surface area (Å²) in [4.78, 5) is 24.3. The van der Waals surface area contributed by atoms with Gasteiger partial charge in [0.25, 0.3) is 5.69 Å². The summed E-state index contributed by atoms with van der Waals surface area (Å²) < 4.78 is 0. The molecule has 2 fully saturated rings. The van der Waals surface area contributed by atoms with Gasteiger partial charge in [-0.1, -0.05) is 25.0 Å². The van der Waals surface area contributed by atoms with Crippen LogP contribution in [0.1, 0.15) is 37.4 Å². The Balaban J connectivity index is 1.70. The molecule has 3 rings (SSSR count). The number of nitrogens with one attached hydrogen (secondary N) is 1. The van der Waals surface area contributed by atoms with Gasteiger partial charge in [0.2, 0.25) is 5.91 Å². The van der Waals surface area contributed by atoms with Crippen molar-refractivity contribution < 1.29 is 9.72 Å². The SMILES string of the molecule is O=C1CNC(c2cccc([N+](=O)[O-])c2)N1CCCC1CC1. The van der Waals surface area contributed by atoms with E-state index in [9.17, 15) is 14.9 Å². The van der Waals surface area contributed by atoms with Gasteiger partial charge < -0.3 is 4.90 Å². The third-order valence-corrected chi connectivity index (χ3v) is 4.18. The van der Waals surface area contributed by atoms with Crippen LogP contribution in [0.3, 0.4) is 0 Å². The first kappa shape index (κ1) is 14.0. The average Bonchev–Trinajstić information content (AvgIpc) is 3.23. The van der Waals surface area contributed by atoms with Crippen LogP contribution in [0.4, 0.5) is 5.69 Å². The Morgan fingerprint density at radius 3 is 2.90 bits per heavy atom. The highest BCUT2D eigenvalue weighted by molar-refractivity contribution is 5.81. The molecule has 21 heavy (non-hydrogen) atoms. The van der Waals surface area contributed by atoms with Crippen molar-refractivity contribution in [3.05, 3.63) is 39.9 Å². The Bertz CT molecular complexity index is 557. The summed E-state index contributed by atoms with van der Waals surface area (Å²) in [5.41, 5.74) is 0.841. The number of carbonyl (C=O) groups is 1. The molecule has 112 valence electrons. The molecule has 1 unspecified atom stereocenters. The summed E-state index contributed by atoms with van der Waals surface area (Å²) in [6.07, 6.45) is 4.58. The number of hydrogen-bond acceptors (Lipinski definition) is 4. The molecule has 1 N–H and O–H groups in total. The van der Waals surface area contributed by atoms with Crippen LogP contribution in [0.25, 0.3) is 0 Å². The van der Waals surface area contributed by atoms with Gasteiger partial charge in [-0.15, -0.1) is 0 Å². The summed E-state index contributed by atoms with van der Waals surface area (Å²) in [6, 6.07) is 6.51. The highest BCUT2D eigenvalue weighted by Crippen LogP contribution is 2.34. The Kier molecular flexibility index (Phi) is 3.88. The predicted octanol–water partition coefficient (Wildman–Crippen LogP) is 2.22. The molecule has 1 aromatic rings. The lowest BCUT2D eigenvalue weighted by Gasteiger charge is -2.24. The Hall–Kier alpha value is -1.95. The summed E-state index contributed by atoms with van der Waals surface area (Å²) in [5.74, 6) is 0.925. The molecule has 6 heteroatoms. The molecule has 1 aromatic carbocycles. The van der Waals surface area contributed by atoms with Gasteiger partial charge in [-0.25, -0.2) is 0 Å². The zero-order valence-corrected chi connectivity index (χ0v) is 11.8. The van der Waals surface area contributed by atoms with Crippen LogP contribution < -0.4 is 5.32 Å². The first-order chi connectivity index (χ1) is 10.1. The van der Waals surface area contributed by atoms with E-state index in [1.54, 1.807) is 17.0 Å². The monoisotopic (exact) mass is 289 g/mol. The number of non-ortho nitro benzene ring substituents is 1. The molecule has 0 bridgehead atoms. The van der Waals surface area contributed by atoms with Crippen LogP contribution >= 0.6 is 0 Å². The van der Waals surface area contributed by atoms with Crippen molar-refractivity contribution in [3.63, 3.8) is 0 Å². The maximum absolute atomic E-state index is 12.0. The number of carbonyl (C=O) groups excluding carboxylic acids is 1. The molecule has 1 atom stereocenters. The van der Waals surface area contributed by atoms with Crippen molar-refractivity contribution in [1.29, 1.82) is 0 Å². The molecular formula is C15H19N3O3. The molecule has 1 amide bonds. The highest BCUT2D eigenvalue weighted by atomic mass is 16.6. The Labute approximate surface area is 123 Å². The quantitative estimate of drug-likeness (QED) is 0.643. The maximum Gasteiger partial charge on any atom is 0.269 e. The topological polar surface area (TPSA) is 75.5 Å². The van der Waals surface area contributed by atoms with Crippen molar-refractivity contribution in [2.45, 2.75) is 31.8 Å². The van der Waals surface area contributed by atoms with E-state index in [0.29, 0.717) is 6.54 Å². The second-order valence-electron chi connectivity index (χ2n) is 5.81. The number of nitro benzene ring substituents is 1. The third-order valence-electron chi connectivity index (χ3n) is 4.18. The molecule has 0 aromatic heterocycles. The van der Waals surface area contributed by atoms with Crippen LogP contribution in [0.2, 0.25) is 0 Å². The second kappa shape index (κ2) is 5.81. The lowest BCUT2D eigenvalue weighted by molar-refractivity contribution is -0.385. The minimum Gasteiger partial charge on any atom is -0.322 e. The number of amides is 1. The van der Waals surface area contributed by atoms with Crippen molar-refractivity contribution in [2.75, 3.05) is 13.1 Å². The molecule has 0 spiro atoms. The zero-order valence-electron chi connectivity index (χ0n) is 11.8. The van der Waals surface area contributed by atoms with E-state index in [1.807, 2.05) is 6.07 Å². The van der Waals surface area contributed by atoms with Gasteiger partial charge in [-0.3, -0.25) is 20.2 Å². The van der Waals surface area contributed by atoms with Crippen LogP contribution in [0, 0.1) is 16.0 Å². The molecular weight excluding hydrogens is 270 g/mol. The van der Waals surface area contributed by atoms with Crippen molar-refractivity contribution >= 4 is 11.6 Å². The number of nitro groups is 1. The second-order valence-corrected chi connectivity index (χ2v) is 5.81. The van der Waals surface area contributed by atoms with E-state index in [4.69, 9.17) is 0 Å². The fourth-order valence-electron chi connectivity index (χ4n) is 2.86. The number of nitrogens with zero attached hydrogens (tertiary/aromatic N) is 2. The van der Waals surface area contributed by atoms with Crippen LogP contribution in [-0.4, -0.2) is 28.8 Å². The van der Waals surface area contributed by atoms with E-state index in [-0.39, 0.29) is 17.8 Å². The number of hydrogen-bond donors (Lipinski definition) is 1. The standard InChI is InChI=1S/C15H19N3O3/c19-14-10-16-15(17(14)8-2-3-11-6-7-11)12-4-1-5-13(9-12)18(20)21/h1,4-5,9,11,15-16H,2-3,6-8,10H2. The summed E-state index contributed by atoms with van der Waals surface area (Å²) >= 11 is 0. The van der Waals surface area contributed by atoms with Gasteiger partial charge in [0.1, 0.15) is 6.17 Å². The van der Waals surface area contributed by atoms with E-state index in [1.165, 1.54) is 25.3 Å². The summed E-state index contributed by atoms with van der Waals surface area (Å²) in [7, 11) is 0. The lowest BCUT2D eigenvalue weighted by atomic mass is 10.1. The minimum atomic E-state index is -0.405. The largest absolute Gasteiger partial charge is 0.322 e. The van der Waals surface area contributed by atoms with Gasteiger partial charge in [-0.05, 0) is 24.3 Å². The molecule has 1 saturated carbocycles. The van der Waals surface area contributed by atoms with Gasteiger partial charge in [0.15, 0.2) is 0 Å². The van der Waals surface area contributed by atoms with Crippen molar-refractivity contribution in [1.82, 2.24) is 10.2 Å². The highest BCUT2D eigenvalue weighted by Gasteiger charge is 2.32. The summed E-state index contributed by atoms with van der Waals surface area (Å²) in [5, 5.41) is 14.0. The Morgan fingerprint density at radius 2 is 2.19 bits per heavy atom.